The summed E-state index contributed by atoms with van der Waals surface area (Å²) in [6.45, 7) is 0. The number of hydrogen-bond acceptors (Lipinski definition) is 1. The van der Waals surface area contributed by atoms with Crippen LogP contribution in [0.3, 0.4) is 0 Å². The van der Waals surface area contributed by atoms with E-state index in [0.717, 1.165) is 12.1 Å². The van der Waals surface area contributed by atoms with E-state index in [-0.39, 0.29) is 0 Å². The molecule has 0 aromatic carbocycles. The van der Waals surface area contributed by atoms with Crippen LogP contribution in [0.1, 0.15) is 25.7 Å². The van der Waals surface area contributed by atoms with Crippen molar-refractivity contribution in [3.63, 3.8) is 0 Å². The van der Waals surface area contributed by atoms with E-state index in [1.807, 2.05) is 0 Å². The fourth-order valence-corrected chi connectivity index (χ4v) is 1.80. The topological polar surface area (TPSA) is 12.0 Å². The molecule has 1 fully saturated rings. The Morgan fingerprint density at radius 2 is 2.33 bits per heavy atom. The molecule has 0 aromatic rings. The normalized spacial score (nSPS) is 40.9. The molecule has 0 spiro atoms. The molecule has 1 saturated heterocycles. The van der Waals surface area contributed by atoms with Gasteiger partial charge in [-0.2, -0.15) is 0 Å². The molecule has 1 nitrogen and oxygen atoms in total. The van der Waals surface area contributed by atoms with E-state index in [0.29, 0.717) is 0 Å². The lowest BCUT2D eigenvalue weighted by molar-refractivity contribution is 0.343. The van der Waals surface area contributed by atoms with Gasteiger partial charge in [0.05, 0.1) is 0 Å². The van der Waals surface area contributed by atoms with Gasteiger partial charge < -0.3 is 5.32 Å². The van der Waals surface area contributed by atoms with Crippen molar-refractivity contribution < 1.29 is 0 Å². The van der Waals surface area contributed by atoms with Gasteiger partial charge in [0.15, 0.2) is 0 Å². The maximum Gasteiger partial charge on any atom is 0.0252 e. The largest absolute Gasteiger partial charge is 0.307 e. The Bertz CT molecular complexity index is 129. The maximum absolute atomic E-state index is 3.57. The van der Waals surface area contributed by atoms with E-state index in [1.54, 1.807) is 0 Å². The van der Waals surface area contributed by atoms with Crippen LogP contribution in [0, 0.1) is 0 Å². The van der Waals surface area contributed by atoms with Crippen molar-refractivity contribution in [2.75, 3.05) is 0 Å². The number of nitrogens with one attached hydrogen (secondary N) is 1. The van der Waals surface area contributed by atoms with Crippen LogP contribution in [0.4, 0.5) is 0 Å². The van der Waals surface area contributed by atoms with Gasteiger partial charge in [-0.1, -0.05) is 18.6 Å². The molecule has 0 radical (unpaired) electrons. The summed E-state index contributed by atoms with van der Waals surface area (Å²) in [5.74, 6) is 0. The Balaban J connectivity index is 2.09. The molecule has 0 amide bonds. The van der Waals surface area contributed by atoms with Gasteiger partial charge in [-0.25, -0.2) is 0 Å². The summed E-state index contributed by atoms with van der Waals surface area (Å²) in [6.07, 6.45) is 10.1. The summed E-state index contributed by atoms with van der Waals surface area (Å²) in [5.41, 5.74) is 0. The molecule has 0 aromatic heterocycles. The third kappa shape index (κ3) is 1.01. The van der Waals surface area contributed by atoms with Gasteiger partial charge in [0.2, 0.25) is 0 Å². The fraction of sp³-hybridized carbons (Fsp3) is 0.750. The minimum Gasteiger partial charge on any atom is -0.307 e. The fourth-order valence-electron chi connectivity index (χ4n) is 1.80. The molecule has 9 heavy (non-hydrogen) atoms. The Kier molecular flexibility index (Phi) is 1.31. The highest BCUT2D eigenvalue weighted by atomic mass is 15.0. The van der Waals surface area contributed by atoms with Gasteiger partial charge in [0, 0.05) is 12.1 Å². The van der Waals surface area contributed by atoms with Gasteiger partial charge in [-0.05, 0) is 19.3 Å². The zero-order chi connectivity index (χ0) is 6.10. The summed E-state index contributed by atoms with van der Waals surface area (Å²) < 4.78 is 0. The SMILES string of the molecule is C1=C[C@H]2CCC[C@@H](C1)N2. The Labute approximate surface area is 56.1 Å². The quantitative estimate of drug-likeness (QED) is 0.481. The Hall–Kier alpha value is -0.300. The van der Waals surface area contributed by atoms with E-state index in [9.17, 15) is 0 Å². The van der Waals surface area contributed by atoms with Crippen molar-refractivity contribution in [2.24, 2.45) is 0 Å². The lowest BCUT2D eigenvalue weighted by Crippen LogP contribution is -2.43. The van der Waals surface area contributed by atoms with Gasteiger partial charge >= 0.3 is 0 Å². The second-order valence-electron chi connectivity index (χ2n) is 3.06. The second kappa shape index (κ2) is 2.14. The highest BCUT2D eigenvalue weighted by molar-refractivity contribution is 5.03. The molecule has 2 atom stereocenters. The standard InChI is InChI=1S/C8H13N/c1-3-7-5-2-6-8(4-1)9-7/h1,3,7-9H,2,4-6H2/t7-,8+/m0/s1. The third-order valence-electron chi connectivity index (χ3n) is 2.31. The van der Waals surface area contributed by atoms with E-state index in [1.165, 1.54) is 25.7 Å². The van der Waals surface area contributed by atoms with Gasteiger partial charge in [-0.15, -0.1) is 0 Å². The number of rotatable bonds is 0. The first-order chi connectivity index (χ1) is 4.45. The first-order valence-corrected chi connectivity index (χ1v) is 3.88. The molecule has 1 heteroatoms. The second-order valence-corrected chi connectivity index (χ2v) is 3.06. The Morgan fingerprint density at radius 1 is 1.33 bits per heavy atom. The van der Waals surface area contributed by atoms with Crippen LogP contribution in [0.5, 0.6) is 0 Å². The van der Waals surface area contributed by atoms with Crippen LogP contribution in [-0.4, -0.2) is 12.1 Å². The number of piperidine rings is 1. The van der Waals surface area contributed by atoms with E-state index in [4.69, 9.17) is 0 Å². The summed E-state index contributed by atoms with van der Waals surface area (Å²) >= 11 is 0. The predicted octanol–water partition coefficient (Wildman–Crippen LogP) is 1.46. The predicted molar refractivity (Wildman–Crippen MR) is 38.3 cm³/mol. The number of fused-ring (bicyclic) bond motifs is 2. The molecule has 1 N–H and O–H groups in total. The van der Waals surface area contributed by atoms with Crippen molar-refractivity contribution in [3.8, 4) is 0 Å². The van der Waals surface area contributed by atoms with Crippen molar-refractivity contribution >= 4 is 0 Å². The van der Waals surface area contributed by atoms with Gasteiger partial charge in [-0.3, -0.25) is 0 Å². The molecule has 50 valence electrons. The summed E-state index contributed by atoms with van der Waals surface area (Å²) in [4.78, 5) is 0. The summed E-state index contributed by atoms with van der Waals surface area (Å²) in [7, 11) is 0. The average Bonchev–Trinajstić information content (AvgIpc) is 1.88. The van der Waals surface area contributed by atoms with E-state index < -0.39 is 0 Å². The minimum atomic E-state index is 0.720. The monoisotopic (exact) mass is 123 g/mol. The first-order valence-electron chi connectivity index (χ1n) is 3.88. The molecule has 2 aliphatic rings. The lowest BCUT2D eigenvalue weighted by Gasteiger charge is -2.31. The molecule has 2 heterocycles. The molecule has 0 unspecified atom stereocenters. The molecule has 2 rings (SSSR count). The van der Waals surface area contributed by atoms with Crippen LogP contribution >= 0.6 is 0 Å². The lowest BCUT2D eigenvalue weighted by atomic mass is 9.92. The summed E-state index contributed by atoms with van der Waals surface area (Å²) in [5, 5.41) is 3.57. The smallest absolute Gasteiger partial charge is 0.0252 e. The minimum absolute atomic E-state index is 0.720. The van der Waals surface area contributed by atoms with Crippen LogP contribution in [-0.2, 0) is 0 Å². The van der Waals surface area contributed by atoms with Gasteiger partial charge in [0.1, 0.15) is 0 Å². The molecular weight excluding hydrogens is 110 g/mol. The zero-order valence-corrected chi connectivity index (χ0v) is 5.64. The maximum atomic E-state index is 3.57. The van der Waals surface area contributed by atoms with Crippen molar-refractivity contribution in [3.05, 3.63) is 12.2 Å². The molecule has 0 aliphatic carbocycles. The average molecular weight is 123 g/mol. The Morgan fingerprint density at radius 3 is 3.11 bits per heavy atom. The molecule has 2 aliphatic heterocycles. The van der Waals surface area contributed by atoms with Crippen molar-refractivity contribution in [2.45, 2.75) is 37.8 Å². The van der Waals surface area contributed by atoms with Gasteiger partial charge in [0.25, 0.3) is 0 Å². The highest BCUT2D eigenvalue weighted by Gasteiger charge is 2.20. The number of hydrogen-bond donors (Lipinski definition) is 1. The van der Waals surface area contributed by atoms with Crippen molar-refractivity contribution in [1.82, 2.24) is 5.32 Å². The van der Waals surface area contributed by atoms with Crippen LogP contribution in [0.15, 0.2) is 12.2 Å². The van der Waals surface area contributed by atoms with Crippen LogP contribution in [0.25, 0.3) is 0 Å². The molecular formula is C8H13N. The third-order valence-corrected chi connectivity index (χ3v) is 2.31. The first kappa shape index (κ1) is 5.48. The molecule has 0 saturated carbocycles. The van der Waals surface area contributed by atoms with Crippen LogP contribution < -0.4 is 5.32 Å². The molecule has 2 bridgehead atoms. The van der Waals surface area contributed by atoms with E-state index in [2.05, 4.69) is 17.5 Å². The summed E-state index contributed by atoms with van der Waals surface area (Å²) in [6, 6.07) is 1.53. The van der Waals surface area contributed by atoms with Crippen molar-refractivity contribution in [1.29, 1.82) is 0 Å². The van der Waals surface area contributed by atoms with Crippen LogP contribution in [0.2, 0.25) is 0 Å². The van der Waals surface area contributed by atoms with E-state index >= 15 is 0 Å². The zero-order valence-electron chi connectivity index (χ0n) is 5.64. The highest BCUT2D eigenvalue weighted by Crippen LogP contribution is 2.19.